The van der Waals surface area contributed by atoms with Crippen molar-refractivity contribution in [3.63, 3.8) is 0 Å². The molecule has 2 rings (SSSR count). The van der Waals surface area contributed by atoms with Crippen molar-refractivity contribution in [2.75, 3.05) is 6.61 Å². The van der Waals surface area contributed by atoms with E-state index in [2.05, 4.69) is 29.2 Å². The third kappa shape index (κ3) is 2.96. The number of thiazole rings is 1. The molecule has 0 bridgehead atoms. The van der Waals surface area contributed by atoms with Gasteiger partial charge in [0.05, 0.1) is 16.4 Å². The van der Waals surface area contributed by atoms with Crippen LogP contribution in [0.1, 0.15) is 18.9 Å². The van der Waals surface area contributed by atoms with E-state index < -0.39 is 0 Å². The molecule has 0 aliphatic heterocycles. The summed E-state index contributed by atoms with van der Waals surface area (Å²) in [4.78, 5) is 7.75. The van der Waals surface area contributed by atoms with Crippen LogP contribution in [0, 0.1) is 11.8 Å². The predicted octanol–water partition coefficient (Wildman–Crippen LogP) is 2.95. The van der Waals surface area contributed by atoms with Gasteiger partial charge in [0.25, 0.3) is 0 Å². The number of aromatic nitrogens is 2. The zero-order valence-corrected chi connectivity index (χ0v) is 11.0. The third-order valence-electron chi connectivity index (χ3n) is 3.04. The quantitative estimate of drug-likeness (QED) is 0.857. The molecule has 0 saturated carbocycles. The van der Waals surface area contributed by atoms with Crippen LogP contribution in [0.2, 0.25) is 0 Å². The van der Waals surface area contributed by atoms with Crippen LogP contribution < -0.4 is 0 Å². The Morgan fingerprint density at radius 2 is 2.29 bits per heavy atom. The van der Waals surface area contributed by atoms with Gasteiger partial charge < -0.3 is 10.1 Å². The Bertz CT molecular complexity index is 448. The van der Waals surface area contributed by atoms with Crippen LogP contribution in [0.3, 0.4) is 0 Å². The summed E-state index contributed by atoms with van der Waals surface area (Å²) in [5.41, 5.74) is 2.05. The topological polar surface area (TPSA) is 48.9 Å². The monoisotopic (exact) mass is 250 g/mol. The molecule has 0 aromatic carbocycles. The molecule has 0 fully saturated rings. The first-order valence-corrected chi connectivity index (χ1v) is 6.77. The molecule has 2 heterocycles. The van der Waals surface area contributed by atoms with E-state index in [1.54, 1.807) is 11.3 Å². The average molecular weight is 250 g/mol. The van der Waals surface area contributed by atoms with Gasteiger partial charge in [0.2, 0.25) is 0 Å². The number of aliphatic hydroxyl groups excluding tert-OH is 1. The lowest BCUT2D eigenvalue weighted by Crippen LogP contribution is -2.16. The maximum atomic E-state index is 9.32. The summed E-state index contributed by atoms with van der Waals surface area (Å²) in [5, 5.41) is 12.5. The van der Waals surface area contributed by atoms with Crippen LogP contribution in [-0.2, 0) is 6.42 Å². The first kappa shape index (κ1) is 12.3. The minimum absolute atomic E-state index is 0.231. The highest BCUT2D eigenvalue weighted by atomic mass is 32.1. The number of aliphatic hydroxyl groups is 1. The van der Waals surface area contributed by atoms with Gasteiger partial charge in [-0.15, -0.1) is 11.3 Å². The largest absolute Gasteiger partial charge is 0.396 e. The van der Waals surface area contributed by atoms with E-state index in [0.717, 1.165) is 22.8 Å². The van der Waals surface area contributed by atoms with E-state index in [9.17, 15) is 5.11 Å². The molecule has 0 saturated heterocycles. The second kappa shape index (κ2) is 5.47. The normalized spacial score (nSPS) is 13.2. The second-order valence-corrected chi connectivity index (χ2v) is 5.54. The summed E-state index contributed by atoms with van der Waals surface area (Å²) >= 11 is 1.67. The molecule has 0 aliphatic carbocycles. The second-order valence-electron chi connectivity index (χ2n) is 4.60. The minimum atomic E-state index is 0.231. The Morgan fingerprint density at radius 3 is 2.88 bits per heavy atom. The fourth-order valence-electron chi connectivity index (χ4n) is 1.75. The van der Waals surface area contributed by atoms with Crippen molar-refractivity contribution in [3.05, 3.63) is 28.7 Å². The minimum Gasteiger partial charge on any atom is -0.396 e. The third-order valence-corrected chi connectivity index (χ3v) is 3.91. The lowest BCUT2D eigenvalue weighted by atomic mass is 9.94. The number of H-pyrrole nitrogens is 1. The van der Waals surface area contributed by atoms with Crippen molar-refractivity contribution >= 4 is 11.3 Å². The van der Waals surface area contributed by atoms with Crippen LogP contribution >= 0.6 is 11.3 Å². The predicted molar refractivity (Wildman–Crippen MR) is 71.0 cm³/mol. The van der Waals surface area contributed by atoms with Crippen molar-refractivity contribution in [2.45, 2.75) is 20.3 Å². The van der Waals surface area contributed by atoms with Crippen molar-refractivity contribution in [3.8, 4) is 11.4 Å². The highest BCUT2D eigenvalue weighted by molar-refractivity contribution is 7.09. The standard InChI is InChI=1S/C13H18N2OS/c1-9(2)10(7-16)6-13-15-12(8-17-13)11-4-3-5-14-11/h3-5,8-10,14,16H,6-7H2,1-2H3. The molecule has 1 unspecified atom stereocenters. The molecule has 0 radical (unpaired) electrons. The molecule has 92 valence electrons. The molecular weight excluding hydrogens is 232 g/mol. The van der Waals surface area contributed by atoms with Crippen molar-refractivity contribution in [1.82, 2.24) is 9.97 Å². The molecule has 1 atom stereocenters. The van der Waals surface area contributed by atoms with Gasteiger partial charge in [0.1, 0.15) is 0 Å². The molecule has 0 aliphatic rings. The summed E-state index contributed by atoms with van der Waals surface area (Å²) < 4.78 is 0. The average Bonchev–Trinajstić information content (AvgIpc) is 2.95. The highest BCUT2D eigenvalue weighted by Crippen LogP contribution is 2.24. The first-order valence-electron chi connectivity index (χ1n) is 5.89. The van der Waals surface area contributed by atoms with E-state index in [4.69, 9.17) is 0 Å². The Morgan fingerprint density at radius 1 is 1.47 bits per heavy atom. The van der Waals surface area contributed by atoms with Gasteiger partial charge in [-0.2, -0.15) is 0 Å². The van der Waals surface area contributed by atoms with Crippen molar-refractivity contribution in [1.29, 1.82) is 0 Å². The van der Waals surface area contributed by atoms with Gasteiger partial charge in [-0.3, -0.25) is 0 Å². The number of aromatic amines is 1. The van der Waals surface area contributed by atoms with Gasteiger partial charge >= 0.3 is 0 Å². The summed E-state index contributed by atoms with van der Waals surface area (Å²) in [6.45, 7) is 4.51. The summed E-state index contributed by atoms with van der Waals surface area (Å²) in [5.74, 6) is 0.787. The van der Waals surface area contributed by atoms with Gasteiger partial charge in [-0.1, -0.05) is 13.8 Å². The fourth-order valence-corrected chi connectivity index (χ4v) is 2.64. The zero-order chi connectivity index (χ0) is 12.3. The van der Waals surface area contributed by atoms with Crippen LogP contribution in [0.15, 0.2) is 23.7 Å². The van der Waals surface area contributed by atoms with Crippen LogP contribution in [0.5, 0.6) is 0 Å². The number of hydrogen-bond acceptors (Lipinski definition) is 3. The molecule has 4 heteroatoms. The highest BCUT2D eigenvalue weighted by Gasteiger charge is 2.15. The Hall–Kier alpha value is -1.13. The molecular formula is C13H18N2OS. The molecule has 2 aromatic heterocycles. The molecule has 0 spiro atoms. The Balaban J connectivity index is 2.08. The summed E-state index contributed by atoms with van der Waals surface area (Å²) in [7, 11) is 0. The Labute approximate surface area is 106 Å². The number of nitrogens with zero attached hydrogens (tertiary/aromatic N) is 1. The molecule has 3 nitrogen and oxygen atoms in total. The van der Waals surface area contributed by atoms with Gasteiger partial charge in [-0.25, -0.2) is 4.98 Å². The maximum absolute atomic E-state index is 9.32. The lowest BCUT2D eigenvalue weighted by Gasteiger charge is -2.16. The van der Waals surface area contributed by atoms with E-state index in [0.29, 0.717) is 11.8 Å². The van der Waals surface area contributed by atoms with E-state index in [1.807, 2.05) is 18.3 Å². The lowest BCUT2D eigenvalue weighted by molar-refractivity contribution is 0.189. The number of nitrogens with one attached hydrogen (secondary N) is 1. The summed E-state index contributed by atoms with van der Waals surface area (Å²) in [6, 6.07) is 3.99. The molecule has 2 N–H and O–H groups in total. The molecule has 2 aromatic rings. The van der Waals surface area contributed by atoms with Gasteiger partial charge in [0.15, 0.2) is 0 Å². The van der Waals surface area contributed by atoms with E-state index in [-0.39, 0.29) is 6.61 Å². The SMILES string of the molecule is CC(C)C(CO)Cc1nc(-c2ccc[nH]2)cs1. The first-order chi connectivity index (χ1) is 8.20. The van der Waals surface area contributed by atoms with Crippen LogP contribution in [0.25, 0.3) is 11.4 Å². The number of rotatable bonds is 5. The molecule has 0 amide bonds. The Kier molecular flexibility index (Phi) is 3.97. The number of hydrogen-bond donors (Lipinski definition) is 2. The van der Waals surface area contributed by atoms with Gasteiger partial charge in [-0.05, 0) is 24.0 Å². The zero-order valence-electron chi connectivity index (χ0n) is 10.2. The smallest absolute Gasteiger partial charge is 0.0976 e. The molecule has 17 heavy (non-hydrogen) atoms. The van der Waals surface area contributed by atoms with Crippen LogP contribution in [-0.4, -0.2) is 21.7 Å². The summed E-state index contributed by atoms with van der Waals surface area (Å²) in [6.07, 6.45) is 2.76. The maximum Gasteiger partial charge on any atom is 0.0976 e. The van der Waals surface area contributed by atoms with Crippen LogP contribution in [0.4, 0.5) is 0 Å². The van der Waals surface area contributed by atoms with Crippen molar-refractivity contribution < 1.29 is 5.11 Å². The fraction of sp³-hybridized carbons (Fsp3) is 0.462. The van der Waals surface area contributed by atoms with Gasteiger partial charge in [0, 0.05) is 24.6 Å². The van der Waals surface area contributed by atoms with Crippen molar-refractivity contribution in [2.24, 2.45) is 11.8 Å². The van der Waals surface area contributed by atoms with E-state index >= 15 is 0 Å². The van der Waals surface area contributed by atoms with E-state index in [1.165, 1.54) is 0 Å².